The van der Waals surface area contributed by atoms with E-state index in [1.165, 1.54) is 36.4 Å². The van der Waals surface area contributed by atoms with Gasteiger partial charge in [0, 0.05) is 0 Å². The molecule has 0 spiro atoms. The molecule has 2 aliphatic carbocycles. The predicted octanol–water partition coefficient (Wildman–Crippen LogP) is 6.21. The zero-order chi connectivity index (χ0) is 20.3. The van der Waals surface area contributed by atoms with Gasteiger partial charge in [-0.3, -0.25) is 4.79 Å². The summed E-state index contributed by atoms with van der Waals surface area (Å²) < 4.78 is 77.2. The first-order valence-electron chi connectivity index (χ1n) is 8.38. The molecule has 0 aromatic heterocycles. The lowest BCUT2D eigenvalue weighted by Crippen LogP contribution is -2.17. The van der Waals surface area contributed by atoms with Crippen LogP contribution in [-0.2, 0) is 17.1 Å². The standard InChI is InChI=1S/C21H12F6O/c22-20(23,24)13-3-7-15-11(9-13)1-5-17(15)19(28)18-6-2-12-10-14(21(25,26)27)4-8-16(12)18/h1-10,17-18H. The van der Waals surface area contributed by atoms with Gasteiger partial charge in [-0.2, -0.15) is 26.3 Å². The Balaban J connectivity index is 1.63. The van der Waals surface area contributed by atoms with Crippen LogP contribution in [0.15, 0.2) is 48.6 Å². The Morgan fingerprint density at radius 1 is 0.679 bits per heavy atom. The average molecular weight is 394 g/mol. The van der Waals surface area contributed by atoms with E-state index >= 15 is 0 Å². The van der Waals surface area contributed by atoms with Crippen molar-refractivity contribution in [1.82, 2.24) is 0 Å². The molecule has 0 radical (unpaired) electrons. The van der Waals surface area contributed by atoms with Gasteiger partial charge in [0.1, 0.15) is 0 Å². The number of fused-ring (bicyclic) bond motifs is 2. The first-order valence-corrected chi connectivity index (χ1v) is 8.38. The third-order valence-electron chi connectivity index (χ3n) is 5.05. The van der Waals surface area contributed by atoms with Crippen molar-refractivity contribution in [2.24, 2.45) is 0 Å². The summed E-state index contributed by atoms with van der Waals surface area (Å²) in [4.78, 5) is 13.0. The predicted molar refractivity (Wildman–Crippen MR) is 91.4 cm³/mol. The summed E-state index contributed by atoms with van der Waals surface area (Å²) in [6, 6.07) is 6.42. The van der Waals surface area contributed by atoms with E-state index in [0.29, 0.717) is 22.3 Å². The zero-order valence-corrected chi connectivity index (χ0v) is 14.1. The van der Waals surface area contributed by atoms with Gasteiger partial charge in [-0.1, -0.05) is 36.4 Å². The van der Waals surface area contributed by atoms with Gasteiger partial charge in [0.25, 0.3) is 0 Å². The Hall–Kier alpha value is -2.83. The van der Waals surface area contributed by atoms with E-state index in [0.717, 1.165) is 24.3 Å². The highest BCUT2D eigenvalue weighted by Crippen LogP contribution is 2.42. The first kappa shape index (κ1) is 18.5. The lowest BCUT2D eigenvalue weighted by atomic mass is 9.85. The van der Waals surface area contributed by atoms with Crippen molar-refractivity contribution in [3.8, 4) is 0 Å². The maximum atomic E-state index is 13.0. The molecule has 0 saturated heterocycles. The number of benzene rings is 2. The molecule has 7 heteroatoms. The SMILES string of the molecule is O=C(C1C=Cc2cc(C(F)(F)F)ccc21)C1C=Cc2cc(C(F)(F)F)ccc21. The van der Waals surface area contributed by atoms with Gasteiger partial charge in [-0.05, 0) is 46.5 Å². The molecule has 2 aliphatic rings. The summed E-state index contributed by atoms with van der Waals surface area (Å²) in [5.74, 6) is -1.76. The molecule has 0 N–H and O–H groups in total. The number of rotatable bonds is 2. The number of allylic oxidation sites excluding steroid dienone is 2. The molecule has 2 aromatic rings. The number of carbonyl (C=O) groups is 1. The summed E-state index contributed by atoms with van der Waals surface area (Å²) >= 11 is 0. The molecule has 0 bridgehead atoms. The normalized spacial score (nSPS) is 20.4. The fourth-order valence-corrected chi connectivity index (χ4v) is 3.65. The van der Waals surface area contributed by atoms with Crippen LogP contribution >= 0.6 is 0 Å². The number of ketones is 1. The lowest BCUT2D eigenvalue weighted by molar-refractivity contribution is -0.138. The first-order chi connectivity index (χ1) is 13.1. The van der Waals surface area contributed by atoms with E-state index in [1.54, 1.807) is 0 Å². The number of alkyl halides is 6. The van der Waals surface area contributed by atoms with Crippen LogP contribution < -0.4 is 0 Å². The Morgan fingerprint density at radius 2 is 1.07 bits per heavy atom. The van der Waals surface area contributed by atoms with Crippen LogP contribution in [0.5, 0.6) is 0 Å². The average Bonchev–Trinajstić information content (AvgIpc) is 3.22. The molecule has 1 nitrogen and oxygen atoms in total. The van der Waals surface area contributed by atoms with E-state index in [2.05, 4.69) is 0 Å². The largest absolute Gasteiger partial charge is 0.416 e. The Labute approximate surface area is 156 Å². The molecule has 0 amide bonds. The van der Waals surface area contributed by atoms with Crippen LogP contribution in [0, 0.1) is 0 Å². The maximum Gasteiger partial charge on any atom is 0.416 e. The van der Waals surface area contributed by atoms with Crippen LogP contribution in [-0.4, -0.2) is 5.78 Å². The Kier molecular flexibility index (Phi) is 4.03. The van der Waals surface area contributed by atoms with Gasteiger partial charge >= 0.3 is 12.4 Å². The fraction of sp³-hybridized carbons (Fsp3) is 0.190. The minimum Gasteiger partial charge on any atom is -0.298 e. The third-order valence-corrected chi connectivity index (χ3v) is 5.05. The maximum absolute atomic E-state index is 13.0. The van der Waals surface area contributed by atoms with Crippen LogP contribution in [0.2, 0.25) is 0 Å². The van der Waals surface area contributed by atoms with Crippen LogP contribution in [0.4, 0.5) is 26.3 Å². The van der Waals surface area contributed by atoms with Crippen LogP contribution in [0.25, 0.3) is 12.2 Å². The molecule has 2 atom stereocenters. The molecule has 2 aromatic carbocycles. The summed E-state index contributed by atoms with van der Waals surface area (Å²) in [5, 5.41) is 0. The van der Waals surface area contributed by atoms with E-state index < -0.39 is 35.3 Å². The molecule has 0 heterocycles. The molecule has 4 rings (SSSR count). The van der Waals surface area contributed by atoms with Crippen molar-refractivity contribution in [2.45, 2.75) is 24.2 Å². The lowest BCUT2D eigenvalue weighted by Gasteiger charge is -2.17. The van der Waals surface area contributed by atoms with Crippen molar-refractivity contribution < 1.29 is 31.1 Å². The summed E-state index contributed by atoms with van der Waals surface area (Å²) in [5.41, 5.74) is -0.0197. The quantitative estimate of drug-likeness (QED) is 0.553. The van der Waals surface area contributed by atoms with Gasteiger partial charge in [0.2, 0.25) is 0 Å². The summed E-state index contributed by atoms with van der Waals surface area (Å²) in [7, 11) is 0. The second kappa shape index (κ2) is 6.09. The van der Waals surface area contributed by atoms with Crippen molar-refractivity contribution in [3.05, 3.63) is 81.9 Å². The molecule has 0 aliphatic heterocycles. The van der Waals surface area contributed by atoms with E-state index in [4.69, 9.17) is 0 Å². The smallest absolute Gasteiger partial charge is 0.298 e. The van der Waals surface area contributed by atoms with Crippen LogP contribution in [0.3, 0.4) is 0 Å². The third kappa shape index (κ3) is 3.04. The Bertz CT molecular complexity index is 945. The van der Waals surface area contributed by atoms with Gasteiger partial charge in [-0.25, -0.2) is 0 Å². The molecular weight excluding hydrogens is 382 g/mol. The highest BCUT2D eigenvalue weighted by atomic mass is 19.4. The monoisotopic (exact) mass is 394 g/mol. The second-order valence-corrected chi connectivity index (χ2v) is 6.76. The van der Waals surface area contributed by atoms with E-state index in [1.807, 2.05) is 0 Å². The molecule has 144 valence electrons. The molecule has 0 saturated carbocycles. The van der Waals surface area contributed by atoms with Crippen molar-refractivity contribution in [3.63, 3.8) is 0 Å². The number of hydrogen-bond donors (Lipinski definition) is 0. The summed E-state index contributed by atoms with van der Waals surface area (Å²) in [6.45, 7) is 0. The second-order valence-electron chi connectivity index (χ2n) is 6.76. The van der Waals surface area contributed by atoms with Crippen molar-refractivity contribution in [2.75, 3.05) is 0 Å². The number of carbonyl (C=O) groups excluding carboxylic acids is 1. The molecule has 28 heavy (non-hydrogen) atoms. The number of hydrogen-bond acceptors (Lipinski definition) is 1. The topological polar surface area (TPSA) is 17.1 Å². The molecule has 0 fully saturated rings. The number of halogens is 6. The highest BCUT2D eigenvalue weighted by Gasteiger charge is 2.37. The fourth-order valence-electron chi connectivity index (χ4n) is 3.65. The van der Waals surface area contributed by atoms with Crippen molar-refractivity contribution >= 4 is 17.9 Å². The highest BCUT2D eigenvalue weighted by molar-refractivity contribution is 6.00. The van der Waals surface area contributed by atoms with E-state index in [-0.39, 0.29) is 5.78 Å². The van der Waals surface area contributed by atoms with Gasteiger partial charge in [-0.15, -0.1) is 0 Å². The van der Waals surface area contributed by atoms with Crippen molar-refractivity contribution in [1.29, 1.82) is 0 Å². The van der Waals surface area contributed by atoms with Gasteiger partial charge in [0.05, 0.1) is 23.0 Å². The van der Waals surface area contributed by atoms with Gasteiger partial charge in [0.15, 0.2) is 5.78 Å². The van der Waals surface area contributed by atoms with Gasteiger partial charge < -0.3 is 0 Å². The van der Waals surface area contributed by atoms with E-state index in [9.17, 15) is 31.1 Å². The molecule has 2 unspecified atom stereocenters. The summed E-state index contributed by atoms with van der Waals surface area (Å²) in [6.07, 6.45) is -2.95. The minimum absolute atomic E-state index is 0.287. The van der Waals surface area contributed by atoms with Crippen LogP contribution in [0.1, 0.15) is 45.2 Å². The zero-order valence-electron chi connectivity index (χ0n) is 14.1. The minimum atomic E-state index is -4.48. The Morgan fingerprint density at radius 3 is 1.43 bits per heavy atom. The molecular formula is C21H12F6O. The number of Topliss-reactive ketones (excluding diaryl/α,β-unsaturated/α-hetero) is 1.